The molecule has 6 heteroatoms. The number of nitrogens with one attached hydrogen (secondary N) is 1. The van der Waals surface area contributed by atoms with Crippen LogP contribution < -0.4 is 10.2 Å². The molecule has 2 aliphatic rings. The van der Waals surface area contributed by atoms with Crippen molar-refractivity contribution in [1.82, 2.24) is 4.90 Å². The second-order valence-corrected chi connectivity index (χ2v) is 6.78. The summed E-state index contributed by atoms with van der Waals surface area (Å²) >= 11 is 0. The molecule has 1 fully saturated rings. The van der Waals surface area contributed by atoms with Gasteiger partial charge in [0.15, 0.2) is 0 Å². The van der Waals surface area contributed by atoms with Crippen LogP contribution in [0.25, 0.3) is 0 Å². The monoisotopic (exact) mass is 353 g/mol. The number of hydrogen-bond donors (Lipinski definition) is 1. The first-order chi connectivity index (χ1) is 12.5. The Morgan fingerprint density at radius 3 is 2.69 bits per heavy atom. The van der Waals surface area contributed by atoms with Crippen molar-refractivity contribution in [3.05, 3.63) is 59.4 Å². The van der Waals surface area contributed by atoms with Gasteiger partial charge in [-0.2, -0.15) is 0 Å². The number of carbonyl (C=O) groups is 2. The van der Waals surface area contributed by atoms with Gasteiger partial charge in [0, 0.05) is 24.8 Å². The van der Waals surface area contributed by atoms with Crippen LogP contribution in [-0.4, -0.2) is 36.5 Å². The third-order valence-corrected chi connectivity index (χ3v) is 5.15. The lowest BCUT2D eigenvalue weighted by Gasteiger charge is -2.46. The highest BCUT2D eigenvalue weighted by atomic mass is 19.1. The second kappa shape index (κ2) is 6.44. The summed E-state index contributed by atoms with van der Waals surface area (Å²) in [5.41, 5.74) is 2.41. The number of carbonyl (C=O) groups excluding carboxylic acids is 2. The minimum atomic E-state index is -0.353. The Morgan fingerprint density at radius 2 is 1.92 bits per heavy atom. The molecule has 1 saturated heterocycles. The normalized spacial score (nSPS) is 19.0. The van der Waals surface area contributed by atoms with Crippen LogP contribution in [0.5, 0.6) is 0 Å². The van der Waals surface area contributed by atoms with E-state index in [1.54, 1.807) is 18.2 Å². The van der Waals surface area contributed by atoms with E-state index in [2.05, 4.69) is 10.2 Å². The Morgan fingerprint density at radius 1 is 1.15 bits per heavy atom. The van der Waals surface area contributed by atoms with E-state index in [1.165, 1.54) is 24.3 Å². The molecular formula is C20H20FN3O2. The molecule has 2 aliphatic heterocycles. The molecule has 1 N–H and O–H groups in total. The summed E-state index contributed by atoms with van der Waals surface area (Å²) in [6, 6.07) is 10.8. The van der Waals surface area contributed by atoms with Crippen LogP contribution in [0.1, 0.15) is 40.0 Å². The van der Waals surface area contributed by atoms with Gasteiger partial charge in [-0.3, -0.25) is 9.59 Å². The number of nitrogens with zero attached hydrogens (tertiary/aromatic N) is 2. The molecule has 0 radical (unpaired) electrons. The van der Waals surface area contributed by atoms with Crippen molar-refractivity contribution in [3.8, 4) is 0 Å². The standard InChI is InChI=1S/C20H20FN3O2/c1-23-17-12-13(19(25)22-15-8-6-14(21)7-9-15)5-10-16(17)20(26)24-11-3-2-4-18(23)24/h5-10,12,18H,2-4,11H2,1H3,(H,22,25). The molecule has 26 heavy (non-hydrogen) atoms. The first-order valence-corrected chi connectivity index (χ1v) is 8.79. The van der Waals surface area contributed by atoms with E-state index in [-0.39, 0.29) is 23.8 Å². The molecule has 0 saturated carbocycles. The Balaban J connectivity index is 1.62. The van der Waals surface area contributed by atoms with E-state index in [0.717, 1.165) is 31.5 Å². The second-order valence-electron chi connectivity index (χ2n) is 6.78. The molecule has 2 amide bonds. The number of benzene rings is 2. The predicted molar refractivity (Wildman–Crippen MR) is 97.9 cm³/mol. The average molecular weight is 353 g/mol. The highest BCUT2D eigenvalue weighted by Gasteiger charge is 2.37. The summed E-state index contributed by atoms with van der Waals surface area (Å²) in [5.74, 6) is -0.603. The quantitative estimate of drug-likeness (QED) is 0.899. The van der Waals surface area contributed by atoms with Gasteiger partial charge in [0.2, 0.25) is 0 Å². The number of rotatable bonds is 2. The molecule has 134 valence electrons. The average Bonchev–Trinajstić information content (AvgIpc) is 2.67. The fraction of sp³-hybridized carbons (Fsp3) is 0.300. The minimum Gasteiger partial charge on any atom is -0.354 e. The maximum absolute atomic E-state index is 13.0. The summed E-state index contributed by atoms with van der Waals surface area (Å²) in [6.45, 7) is 0.778. The van der Waals surface area contributed by atoms with E-state index in [1.807, 2.05) is 11.9 Å². The number of fused-ring (bicyclic) bond motifs is 2. The van der Waals surface area contributed by atoms with Gasteiger partial charge in [0.25, 0.3) is 11.8 Å². The van der Waals surface area contributed by atoms with Crippen molar-refractivity contribution in [3.63, 3.8) is 0 Å². The van der Waals surface area contributed by atoms with Gasteiger partial charge in [-0.15, -0.1) is 0 Å². The fourth-order valence-electron chi connectivity index (χ4n) is 3.75. The van der Waals surface area contributed by atoms with Gasteiger partial charge in [-0.25, -0.2) is 4.39 Å². The van der Waals surface area contributed by atoms with E-state index >= 15 is 0 Å². The van der Waals surface area contributed by atoms with Gasteiger partial charge in [0.1, 0.15) is 12.0 Å². The van der Waals surface area contributed by atoms with E-state index in [9.17, 15) is 14.0 Å². The lowest BCUT2D eigenvalue weighted by molar-refractivity contribution is 0.0589. The molecule has 1 unspecified atom stereocenters. The first-order valence-electron chi connectivity index (χ1n) is 8.79. The number of amides is 2. The van der Waals surface area contributed by atoms with Crippen LogP contribution in [0.2, 0.25) is 0 Å². The van der Waals surface area contributed by atoms with Crippen molar-refractivity contribution in [2.45, 2.75) is 25.4 Å². The molecule has 2 aromatic carbocycles. The summed E-state index contributed by atoms with van der Waals surface area (Å²) in [7, 11) is 1.97. The topological polar surface area (TPSA) is 52.7 Å². The third-order valence-electron chi connectivity index (χ3n) is 5.15. The van der Waals surface area contributed by atoms with E-state index < -0.39 is 0 Å². The zero-order valence-electron chi connectivity index (χ0n) is 14.5. The summed E-state index contributed by atoms with van der Waals surface area (Å²) in [5, 5.41) is 2.76. The van der Waals surface area contributed by atoms with Crippen LogP contribution in [0.15, 0.2) is 42.5 Å². The van der Waals surface area contributed by atoms with Gasteiger partial charge in [-0.05, 0) is 61.7 Å². The number of hydrogen-bond acceptors (Lipinski definition) is 3. The zero-order chi connectivity index (χ0) is 18.3. The van der Waals surface area contributed by atoms with Crippen LogP contribution >= 0.6 is 0 Å². The number of piperidine rings is 1. The minimum absolute atomic E-state index is 0.0355. The zero-order valence-corrected chi connectivity index (χ0v) is 14.5. The number of halogens is 1. The molecule has 0 bridgehead atoms. The van der Waals surface area contributed by atoms with Crippen molar-refractivity contribution in [2.75, 3.05) is 23.8 Å². The predicted octanol–water partition coefficient (Wildman–Crippen LogP) is 3.48. The van der Waals surface area contributed by atoms with Gasteiger partial charge >= 0.3 is 0 Å². The maximum atomic E-state index is 13.0. The van der Waals surface area contributed by atoms with Crippen LogP contribution in [0.3, 0.4) is 0 Å². The molecule has 0 spiro atoms. The summed E-state index contributed by atoms with van der Waals surface area (Å²) in [4.78, 5) is 29.3. The largest absolute Gasteiger partial charge is 0.354 e. The molecule has 0 aliphatic carbocycles. The van der Waals surface area contributed by atoms with Crippen molar-refractivity contribution in [1.29, 1.82) is 0 Å². The smallest absolute Gasteiger partial charge is 0.257 e. The van der Waals surface area contributed by atoms with Crippen molar-refractivity contribution >= 4 is 23.2 Å². The summed E-state index contributed by atoms with van der Waals surface area (Å²) < 4.78 is 13.0. The SMILES string of the molecule is CN1c2cc(C(=O)Nc3ccc(F)cc3)ccc2C(=O)N2CCCCC21. The third kappa shape index (κ3) is 2.81. The van der Waals surface area contributed by atoms with E-state index in [0.29, 0.717) is 16.8 Å². The summed E-state index contributed by atoms with van der Waals surface area (Å²) in [6.07, 6.45) is 3.12. The highest BCUT2D eigenvalue weighted by Crippen LogP contribution is 2.34. The molecule has 5 nitrogen and oxygen atoms in total. The lowest BCUT2D eigenvalue weighted by Crippen LogP contribution is -2.55. The molecule has 2 heterocycles. The Hall–Kier alpha value is -2.89. The maximum Gasteiger partial charge on any atom is 0.257 e. The molecule has 4 rings (SSSR count). The van der Waals surface area contributed by atoms with Crippen LogP contribution in [-0.2, 0) is 0 Å². The van der Waals surface area contributed by atoms with Crippen LogP contribution in [0.4, 0.5) is 15.8 Å². The Bertz CT molecular complexity index is 866. The Kier molecular flexibility index (Phi) is 4.11. The van der Waals surface area contributed by atoms with Crippen molar-refractivity contribution in [2.24, 2.45) is 0 Å². The fourth-order valence-corrected chi connectivity index (χ4v) is 3.75. The molecule has 1 atom stereocenters. The molecular weight excluding hydrogens is 333 g/mol. The lowest BCUT2D eigenvalue weighted by atomic mass is 9.97. The Labute approximate surface area is 151 Å². The number of anilines is 2. The van der Waals surface area contributed by atoms with Crippen molar-refractivity contribution < 1.29 is 14.0 Å². The molecule has 0 aromatic heterocycles. The van der Waals surface area contributed by atoms with E-state index in [4.69, 9.17) is 0 Å². The van der Waals surface area contributed by atoms with Gasteiger partial charge in [-0.1, -0.05) is 0 Å². The van der Waals surface area contributed by atoms with Gasteiger partial charge in [0.05, 0.1) is 11.3 Å². The highest BCUT2D eigenvalue weighted by molar-refractivity contribution is 6.08. The molecule has 2 aromatic rings. The van der Waals surface area contributed by atoms with Crippen LogP contribution in [0, 0.1) is 5.82 Å². The van der Waals surface area contributed by atoms with Gasteiger partial charge < -0.3 is 15.1 Å². The first kappa shape index (κ1) is 16.6.